The van der Waals surface area contributed by atoms with Crippen molar-refractivity contribution in [3.8, 4) is 0 Å². The first-order valence-electron chi connectivity index (χ1n) is 11.7. The molecule has 1 aliphatic carbocycles. The van der Waals surface area contributed by atoms with Crippen LogP contribution in [-0.2, 0) is 25.7 Å². The molecule has 0 spiro atoms. The van der Waals surface area contributed by atoms with E-state index in [9.17, 15) is 19.2 Å². The quantitative estimate of drug-likeness (QED) is 0.415. The van der Waals surface area contributed by atoms with Crippen LogP contribution in [0.15, 0.2) is 24.3 Å². The van der Waals surface area contributed by atoms with Gasteiger partial charge in [-0.15, -0.1) is 0 Å². The SMILES string of the molecule is COC(=O)C(CNC(=O)N(C)C)NC(=O)C(CC1CCCCC1)NC(=O)OCc1cccc(Cl)c1. The topological polar surface area (TPSA) is 126 Å². The summed E-state index contributed by atoms with van der Waals surface area (Å²) >= 11 is 5.97. The summed E-state index contributed by atoms with van der Waals surface area (Å²) in [6.45, 7) is -0.170. The molecule has 10 nitrogen and oxygen atoms in total. The second-order valence-corrected chi connectivity index (χ2v) is 9.24. The molecule has 1 fully saturated rings. The molecule has 3 N–H and O–H groups in total. The summed E-state index contributed by atoms with van der Waals surface area (Å²) in [5.74, 6) is -1.00. The number of alkyl carbamates (subject to hydrolysis) is 1. The number of ether oxygens (including phenoxy) is 2. The number of amides is 4. The highest BCUT2D eigenvalue weighted by molar-refractivity contribution is 6.30. The van der Waals surface area contributed by atoms with E-state index in [0.29, 0.717) is 17.0 Å². The van der Waals surface area contributed by atoms with Gasteiger partial charge in [0.15, 0.2) is 0 Å². The zero-order valence-corrected chi connectivity index (χ0v) is 21.2. The standard InChI is InChI=1S/C24H35ClN4O6/c1-29(2)23(32)26-14-20(22(31)34-3)27-21(30)19(13-16-8-5-4-6-9-16)28-24(33)35-15-17-10-7-11-18(25)12-17/h7,10-12,16,19-20H,4-6,8-9,13-15H2,1-3H3,(H,26,32)(H,27,30)(H,28,33). The van der Waals surface area contributed by atoms with Gasteiger partial charge in [-0.3, -0.25) is 4.79 Å². The van der Waals surface area contributed by atoms with Crippen molar-refractivity contribution in [1.82, 2.24) is 20.9 Å². The highest BCUT2D eigenvalue weighted by Gasteiger charge is 2.30. The predicted octanol–water partition coefficient (Wildman–Crippen LogP) is 2.83. The molecule has 2 rings (SSSR count). The number of esters is 1. The molecule has 0 bridgehead atoms. The third-order valence-electron chi connectivity index (χ3n) is 5.83. The van der Waals surface area contributed by atoms with Crippen molar-refractivity contribution in [2.75, 3.05) is 27.7 Å². The molecular formula is C24H35ClN4O6. The molecule has 2 atom stereocenters. The number of urea groups is 1. The number of halogens is 1. The first kappa shape index (κ1) is 28.2. The maximum Gasteiger partial charge on any atom is 0.408 e. The van der Waals surface area contributed by atoms with E-state index in [2.05, 4.69) is 16.0 Å². The highest BCUT2D eigenvalue weighted by Crippen LogP contribution is 2.27. The molecule has 1 aromatic rings. The summed E-state index contributed by atoms with van der Waals surface area (Å²) in [4.78, 5) is 51.1. The minimum Gasteiger partial charge on any atom is -0.467 e. The average molecular weight is 511 g/mol. The summed E-state index contributed by atoms with van der Waals surface area (Å²) in [6.07, 6.45) is 4.87. The molecule has 194 valence electrons. The Morgan fingerprint density at radius 2 is 1.80 bits per heavy atom. The lowest BCUT2D eigenvalue weighted by molar-refractivity contribution is -0.145. The summed E-state index contributed by atoms with van der Waals surface area (Å²) in [6, 6.07) is 4.47. The first-order valence-corrected chi connectivity index (χ1v) is 12.1. The van der Waals surface area contributed by atoms with Gasteiger partial charge >= 0.3 is 18.1 Å². The molecule has 1 saturated carbocycles. The van der Waals surface area contributed by atoms with E-state index >= 15 is 0 Å². The summed E-state index contributed by atoms with van der Waals surface area (Å²) < 4.78 is 10.1. The summed E-state index contributed by atoms with van der Waals surface area (Å²) in [5.41, 5.74) is 0.711. The van der Waals surface area contributed by atoms with Crippen molar-refractivity contribution < 1.29 is 28.7 Å². The maximum atomic E-state index is 13.2. The van der Waals surface area contributed by atoms with E-state index in [1.165, 1.54) is 12.0 Å². The Bertz CT molecular complexity index is 875. The molecular weight excluding hydrogens is 476 g/mol. The molecule has 2 unspecified atom stereocenters. The van der Waals surface area contributed by atoms with Crippen molar-refractivity contribution >= 4 is 35.6 Å². The fraction of sp³-hybridized carbons (Fsp3) is 0.583. The van der Waals surface area contributed by atoms with Crippen LogP contribution in [0.25, 0.3) is 0 Å². The smallest absolute Gasteiger partial charge is 0.408 e. The van der Waals surface area contributed by atoms with Gasteiger partial charge in [-0.05, 0) is 30.0 Å². The van der Waals surface area contributed by atoms with Crippen LogP contribution in [0.4, 0.5) is 9.59 Å². The number of benzene rings is 1. The van der Waals surface area contributed by atoms with E-state index in [1.807, 2.05) is 0 Å². The molecule has 4 amide bonds. The molecule has 0 aliphatic heterocycles. The van der Waals surface area contributed by atoms with Crippen LogP contribution in [0.3, 0.4) is 0 Å². The lowest BCUT2D eigenvalue weighted by Gasteiger charge is -2.27. The molecule has 35 heavy (non-hydrogen) atoms. The fourth-order valence-corrected chi connectivity index (χ4v) is 4.12. The minimum atomic E-state index is -1.12. The van der Waals surface area contributed by atoms with E-state index < -0.39 is 36.1 Å². The number of methoxy groups -OCH3 is 1. The van der Waals surface area contributed by atoms with Gasteiger partial charge in [0.05, 0.1) is 13.7 Å². The lowest BCUT2D eigenvalue weighted by atomic mass is 9.84. The largest absolute Gasteiger partial charge is 0.467 e. The van der Waals surface area contributed by atoms with Gasteiger partial charge in [0.1, 0.15) is 18.7 Å². The van der Waals surface area contributed by atoms with Crippen LogP contribution < -0.4 is 16.0 Å². The number of rotatable bonds is 10. The molecule has 0 radical (unpaired) electrons. The normalized spacial score (nSPS) is 15.3. The Morgan fingerprint density at radius 1 is 1.09 bits per heavy atom. The molecule has 0 aromatic heterocycles. The van der Waals surface area contributed by atoms with Gasteiger partial charge < -0.3 is 30.3 Å². The highest BCUT2D eigenvalue weighted by atomic mass is 35.5. The van der Waals surface area contributed by atoms with Crippen molar-refractivity contribution in [1.29, 1.82) is 0 Å². The molecule has 0 saturated heterocycles. The van der Waals surface area contributed by atoms with E-state index in [4.69, 9.17) is 21.1 Å². The third-order valence-corrected chi connectivity index (χ3v) is 6.06. The minimum absolute atomic E-state index is 0.00842. The molecule has 1 aliphatic rings. The average Bonchev–Trinajstić information content (AvgIpc) is 2.84. The van der Waals surface area contributed by atoms with Crippen LogP contribution in [-0.4, -0.2) is 68.7 Å². The predicted molar refractivity (Wildman–Crippen MR) is 131 cm³/mol. The molecule has 0 heterocycles. The number of nitrogens with zero attached hydrogens (tertiary/aromatic N) is 1. The fourth-order valence-electron chi connectivity index (χ4n) is 3.90. The Hall–Kier alpha value is -3.01. The van der Waals surface area contributed by atoms with Gasteiger partial charge in [0, 0.05) is 19.1 Å². The lowest BCUT2D eigenvalue weighted by Crippen LogP contribution is -2.56. The zero-order chi connectivity index (χ0) is 25.8. The monoisotopic (exact) mass is 510 g/mol. The Kier molecular flexibility index (Phi) is 11.6. The van der Waals surface area contributed by atoms with Crippen molar-refractivity contribution in [3.63, 3.8) is 0 Å². The third kappa shape index (κ3) is 10.0. The number of hydrogen-bond acceptors (Lipinski definition) is 6. The van der Waals surface area contributed by atoms with Crippen LogP contribution in [0.5, 0.6) is 0 Å². The van der Waals surface area contributed by atoms with Crippen LogP contribution in [0.2, 0.25) is 5.02 Å². The number of carbonyl (C=O) groups excluding carboxylic acids is 4. The second-order valence-electron chi connectivity index (χ2n) is 8.81. The number of nitrogens with one attached hydrogen (secondary N) is 3. The van der Waals surface area contributed by atoms with E-state index in [-0.39, 0.29) is 19.1 Å². The van der Waals surface area contributed by atoms with Gasteiger partial charge in [-0.1, -0.05) is 55.8 Å². The van der Waals surface area contributed by atoms with E-state index in [1.54, 1.807) is 38.4 Å². The van der Waals surface area contributed by atoms with Gasteiger partial charge in [-0.25, -0.2) is 14.4 Å². The van der Waals surface area contributed by atoms with Gasteiger partial charge in [0.25, 0.3) is 0 Å². The van der Waals surface area contributed by atoms with Gasteiger partial charge in [-0.2, -0.15) is 0 Å². The first-order chi connectivity index (χ1) is 16.7. The van der Waals surface area contributed by atoms with Crippen LogP contribution in [0, 0.1) is 5.92 Å². The van der Waals surface area contributed by atoms with Crippen molar-refractivity contribution in [2.45, 2.75) is 57.2 Å². The Morgan fingerprint density at radius 3 is 2.43 bits per heavy atom. The van der Waals surface area contributed by atoms with Crippen LogP contribution >= 0.6 is 11.6 Å². The van der Waals surface area contributed by atoms with Crippen LogP contribution in [0.1, 0.15) is 44.1 Å². The van der Waals surface area contributed by atoms with Gasteiger partial charge in [0.2, 0.25) is 5.91 Å². The van der Waals surface area contributed by atoms with Crippen molar-refractivity contribution in [2.24, 2.45) is 5.92 Å². The molecule has 11 heteroatoms. The second kappa shape index (κ2) is 14.4. The Balaban J connectivity index is 2.05. The summed E-state index contributed by atoms with van der Waals surface area (Å²) in [5, 5.41) is 8.32. The Labute approximate surface area is 211 Å². The zero-order valence-electron chi connectivity index (χ0n) is 20.5. The summed E-state index contributed by atoms with van der Waals surface area (Å²) in [7, 11) is 4.31. The molecule has 1 aromatic carbocycles. The van der Waals surface area contributed by atoms with E-state index in [0.717, 1.165) is 32.1 Å². The number of hydrogen-bond donors (Lipinski definition) is 3. The number of carbonyl (C=O) groups is 4. The van der Waals surface area contributed by atoms with Crippen molar-refractivity contribution in [3.05, 3.63) is 34.9 Å². The maximum absolute atomic E-state index is 13.2.